The van der Waals surface area contributed by atoms with Crippen LogP contribution in [0.2, 0.25) is 5.02 Å². The monoisotopic (exact) mass is 509 g/mol. The lowest BCUT2D eigenvalue weighted by Gasteiger charge is -2.12. The van der Waals surface area contributed by atoms with E-state index in [0.717, 1.165) is 26.9 Å². The summed E-state index contributed by atoms with van der Waals surface area (Å²) in [4.78, 5) is 17.1. The van der Waals surface area contributed by atoms with Crippen molar-refractivity contribution >= 4 is 55.9 Å². The molecule has 0 radical (unpaired) electrons. The standard InChI is InChI=1S/C23H17BrClN5O2/c24-16-13-28-30-21(12-18(29-22(16)30)15-6-2-3-7-17(15)25)26-9-10-27-23(31)20-11-14-5-1-4-8-19(14)32-20/h1-8,11-13,26H,9-10H2,(H,27,31). The van der Waals surface area contributed by atoms with E-state index in [-0.39, 0.29) is 11.7 Å². The summed E-state index contributed by atoms with van der Waals surface area (Å²) in [6, 6.07) is 18.7. The van der Waals surface area contributed by atoms with Crippen molar-refractivity contribution in [3.05, 3.63) is 82.1 Å². The minimum absolute atomic E-state index is 0.263. The van der Waals surface area contributed by atoms with Gasteiger partial charge >= 0.3 is 0 Å². The van der Waals surface area contributed by atoms with E-state index in [9.17, 15) is 4.79 Å². The zero-order chi connectivity index (χ0) is 22.1. The van der Waals surface area contributed by atoms with Gasteiger partial charge in [0.2, 0.25) is 0 Å². The van der Waals surface area contributed by atoms with Crippen LogP contribution in [-0.2, 0) is 0 Å². The maximum Gasteiger partial charge on any atom is 0.287 e. The van der Waals surface area contributed by atoms with Crippen LogP contribution in [0.4, 0.5) is 5.82 Å². The molecule has 9 heteroatoms. The molecule has 0 saturated heterocycles. The highest BCUT2D eigenvalue weighted by Gasteiger charge is 2.14. The van der Waals surface area contributed by atoms with Gasteiger partial charge in [0.15, 0.2) is 11.4 Å². The molecule has 0 atom stereocenters. The van der Waals surface area contributed by atoms with Crippen LogP contribution in [0.25, 0.3) is 27.9 Å². The number of amides is 1. The second-order valence-corrected chi connectivity index (χ2v) is 8.33. The van der Waals surface area contributed by atoms with Gasteiger partial charge in [0, 0.05) is 35.1 Å². The summed E-state index contributed by atoms with van der Waals surface area (Å²) in [6.45, 7) is 0.869. The van der Waals surface area contributed by atoms with E-state index in [1.54, 1.807) is 16.8 Å². The summed E-state index contributed by atoms with van der Waals surface area (Å²) in [5.74, 6) is 0.754. The van der Waals surface area contributed by atoms with Crippen LogP contribution in [0.3, 0.4) is 0 Å². The highest BCUT2D eigenvalue weighted by atomic mass is 79.9. The van der Waals surface area contributed by atoms with Crippen LogP contribution in [0, 0.1) is 0 Å². The predicted octanol–water partition coefficient (Wildman–Crippen LogP) is 5.40. The Balaban J connectivity index is 1.31. The zero-order valence-electron chi connectivity index (χ0n) is 16.7. The highest BCUT2D eigenvalue weighted by molar-refractivity contribution is 9.10. The van der Waals surface area contributed by atoms with Gasteiger partial charge in [0.05, 0.1) is 16.4 Å². The van der Waals surface area contributed by atoms with E-state index < -0.39 is 0 Å². The van der Waals surface area contributed by atoms with Crippen molar-refractivity contribution in [1.82, 2.24) is 19.9 Å². The Morgan fingerprint density at radius 2 is 1.91 bits per heavy atom. The molecule has 7 nitrogen and oxygen atoms in total. The Labute approximate surface area is 196 Å². The Morgan fingerprint density at radius 1 is 1.09 bits per heavy atom. The molecule has 3 aromatic heterocycles. The third-order valence-corrected chi connectivity index (χ3v) is 5.83. The number of fused-ring (bicyclic) bond motifs is 2. The van der Waals surface area contributed by atoms with Crippen LogP contribution in [0.5, 0.6) is 0 Å². The first-order chi connectivity index (χ1) is 15.6. The molecule has 3 heterocycles. The van der Waals surface area contributed by atoms with Crippen molar-refractivity contribution in [2.24, 2.45) is 0 Å². The van der Waals surface area contributed by atoms with Gasteiger partial charge in [-0.05, 0) is 34.1 Å². The largest absolute Gasteiger partial charge is 0.451 e. The number of hydrogen-bond donors (Lipinski definition) is 2. The number of anilines is 1. The van der Waals surface area contributed by atoms with Crippen molar-refractivity contribution in [3.8, 4) is 11.3 Å². The number of rotatable bonds is 6. The van der Waals surface area contributed by atoms with Gasteiger partial charge < -0.3 is 15.1 Å². The molecule has 0 spiro atoms. The quantitative estimate of drug-likeness (QED) is 0.299. The Kier molecular flexibility index (Phi) is 5.55. The van der Waals surface area contributed by atoms with Crippen molar-refractivity contribution in [1.29, 1.82) is 0 Å². The Bertz CT molecular complexity index is 1410. The summed E-state index contributed by atoms with van der Waals surface area (Å²) < 4.78 is 8.08. The second-order valence-electron chi connectivity index (χ2n) is 7.07. The van der Waals surface area contributed by atoms with Gasteiger partial charge in [-0.1, -0.05) is 48.0 Å². The molecule has 2 N–H and O–H groups in total. The molecule has 32 heavy (non-hydrogen) atoms. The molecule has 0 unspecified atom stereocenters. The second kappa shape index (κ2) is 8.64. The maximum atomic E-state index is 12.4. The molecule has 160 valence electrons. The molecule has 0 aliphatic heterocycles. The SMILES string of the molecule is O=C(NCCNc1cc(-c2ccccc2Cl)nc2c(Br)cnn12)c1cc2ccccc2o1. The summed E-state index contributed by atoms with van der Waals surface area (Å²) in [6.07, 6.45) is 1.69. The summed E-state index contributed by atoms with van der Waals surface area (Å²) in [5.41, 5.74) is 2.90. The van der Waals surface area contributed by atoms with Crippen molar-refractivity contribution in [3.63, 3.8) is 0 Å². The van der Waals surface area contributed by atoms with Gasteiger partial charge in [-0.2, -0.15) is 9.61 Å². The number of benzene rings is 2. The molecule has 1 amide bonds. The molecule has 0 fully saturated rings. The minimum Gasteiger partial charge on any atom is -0.451 e. The molecule has 0 bridgehead atoms. The van der Waals surface area contributed by atoms with Crippen molar-refractivity contribution < 1.29 is 9.21 Å². The van der Waals surface area contributed by atoms with E-state index in [4.69, 9.17) is 21.0 Å². The van der Waals surface area contributed by atoms with Crippen LogP contribution >= 0.6 is 27.5 Å². The Morgan fingerprint density at radius 3 is 2.75 bits per heavy atom. The Hall–Kier alpha value is -3.36. The zero-order valence-corrected chi connectivity index (χ0v) is 19.0. The molecule has 0 saturated carbocycles. The van der Waals surface area contributed by atoms with Gasteiger partial charge in [0.25, 0.3) is 5.91 Å². The summed E-state index contributed by atoms with van der Waals surface area (Å²) in [7, 11) is 0. The normalized spacial score (nSPS) is 11.2. The van der Waals surface area contributed by atoms with Crippen molar-refractivity contribution in [2.45, 2.75) is 0 Å². The predicted molar refractivity (Wildman–Crippen MR) is 128 cm³/mol. The number of nitrogens with zero attached hydrogens (tertiary/aromatic N) is 3. The lowest BCUT2D eigenvalue weighted by molar-refractivity contribution is 0.0929. The van der Waals surface area contributed by atoms with E-state index >= 15 is 0 Å². The number of hydrogen-bond acceptors (Lipinski definition) is 5. The molecular weight excluding hydrogens is 494 g/mol. The molecule has 2 aromatic carbocycles. The first-order valence-corrected chi connectivity index (χ1v) is 11.1. The fraction of sp³-hybridized carbons (Fsp3) is 0.0870. The number of nitrogens with one attached hydrogen (secondary N) is 2. The third kappa shape index (κ3) is 3.94. The van der Waals surface area contributed by atoms with E-state index in [2.05, 4.69) is 31.7 Å². The number of carbonyl (C=O) groups excluding carboxylic acids is 1. The highest BCUT2D eigenvalue weighted by Crippen LogP contribution is 2.30. The van der Waals surface area contributed by atoms with Crippen LogP contribution < -0.4 is 10.6 Å². The number of halogens is 2. The first kappa shape index (κ1) is 20.5. The first-order valence-electron chi connectivity index (χ1n) is 9.90. The van der Waals surface area contributed by atoms with Crippen LogP contribution in [-0.4, -0.2) is 33.6 Å². The van der Waals surface area contributed by atoms with Gasteiger partial charge in [-0.3, -0.25) is 4.79 Å². The summed E-state index contributed by atoms with van der Waals surface area (Å²) in [5, 5.41) is 12.1. The van der Waals surface area contributed by atoms with Crippen molar-refractivity contribution in [2.75, 3.05) is 18.4 Å². The molecule has 0 aliphatic rings. The molecule has 5 aromatic rings. The fourth-order valence-electron chi connectivity index (χ4n) is 3.42. The van der Waals surface area contributed by atoms with Gasteiger partial charge in [-0.25, -0.2) is 4.98 Å². The maximum absolute atomic E-state index is 12.4. The lowest BCUT2D eigenvalue weighted by Crippen LogP contribution is -2.28. The average molecular weight is 511 g/mol. The van der Waals surface area contributed by atoms with E-state index in [1.165, 1.54) is 0 Å². The molecule has 5 rings (SSSR count). The van der Waals surface area contributed by atoms with E-state index in [0.29, 0.717) is 29.3 Å². The summed E-state index contributed by atoms with van der Waals surface area (Å²) >= 11 is 9.87. The lowest BCUT2D eigenvalue weighted by atomic mass is 10.1. The third-order valence-electron chi connectivity index (χ3n) is 4.94. The van der Waals surface area contributed by atoms with Gasteiger partial charge in [0.1, 0.15) is 11.4 Å². The molecule has 0 aliphatic carbocycles. The van der Waals surface area contributed by atoms with E-state index in [1.807, 2.05) is 54.6 Å². The number of para-hydroxylation sites is 1. The average Bonchev–Trinajstić information content (AvgIpc) is 3.41. The number of carbonyl (C=O) groups is 1. The molecular formula is C23H17BrClN5O2. The fourth-order valence-corrected chi connectivity index (χ4v) is 4.00. The smallest absolute Gasteiger partial charge is 0.287 e. The minimum atomic E-state index is -0.263. The topological polar surface area (TPSA) is 84.5 Å². The van der Waals surface area contributed by atoms with Crippen LogP contribution in [0.1, 0.15) is 10.6 Å². The van der Waals surface area contributed by atoms with Crippen LogP contribution in [0.15, 0.2) is 75.8 Å². The van der Waals surface area contributed by atoms with Gasteiger partial charge in [-0.15, -0.1) is 0 Å². The number of furan rings is 1. The number of aromatic nitrogens is 3.